The van der Waals surface area contributed by atoms with Gasteiger partial charge in [-0.25, -0.2) is 0 Å². The van der Waals surface area contributed by atoms with Crippen molar-refractivity contribution in [3.8, 4) is 0 Å². The number of carbonyl (C=O) groups is 2. The molecule has 2 radical (unpaired) electrons. The van der Waals surface area contributed by atoms with Crippen LogP contribution in [-0.4, -0.2) is 43.4 Å². The van der Waals surface area contributed by atoms with Crippen molar-refractivity contribution in [3.63, 3.8) is 0 Å². The van der Waals surface area contributed by atoms with Crippen LogP contribution < -0.4 is 10.6 Å². The second kappa shape index (κ2) is 3.58. The fourth-order valence-corrected chi connectivity index (χ4v) is 1.17. The van der Waals surface area contributed by atoms with E-state index in [1.54, 1.807) is 0 Å². The molecule has 0 saturated carbocycles. The molecule has 0 aromatic carbocycles. The van der Waals surface area contributed by atoms with Gasteiger partial charge in [-0.1, -0.05) is 0 Å². The number of carbonyl (C=O) groups excluding carboxylic acids is 2. The number of amides is 2. The molecule has 0 bridgehead atoms. The van der Waals surface area contributed by atoms with Gasteiger partial charge in [-0.2, -0.15) is 0 Å². The van der Waals surface area contributed by atoms with Crippen LogP contribution in [-0.2, 0) is 4.79 Å². The monoisotopic (exact) mass is 168 g/mol. The highest BCUT2D eigenvalue weighted by atomic mass is 16.3. The van der Waals surface area contributed by atoms with Gasteiger partial charge >= 0.3 is 0 Å². The molecule has 1 aliphatic rings. The normalized spacial score (nSPS) is 28.2. The van der Waals surface area contributed by atoms with Crippen LogP contribution in [0.3, 0.4) is 0 Å². The molecule has 1 rings (SSSR count). The van der Waals surface area contributed by atoms with Crippen LogP contribution in [0.4, 0.5) is 4.79 Å². The number of aliphatic hydroxyl groups is 1. The van der Waals surface area contributed by atoms with Gasteiger partial charge in [0.15, 0.2) is 5.81 Å². The molecule has 6 heteroatoms. The van der Waals surface area contributed by atoms with Crippen LogP contribution in [0.2, 0.25) is 0 Å². The number of nitrogens with one attached hydrogen (secondary N) is 2. The first kappa shape index (κ1) is 9.06. The van der Waals surface area contributed by atoms with E-state index in [-0.39, 0.29) is 18.6 Å². The zero-order chi connectivity index (χ0) is 9.14. The van der Waals surface area contributed by atoms with E-state index in [2.05, 4.69) is 10.6 Å². The number of aliphatic hydroxyl groups excluding tert-OH is 1. The Morgan fingerprint density at radius 3 is 2.92 bits per heavy atom. The Bertz CT molecular complexity index is 209. The number of rotatable bonds is 2. The van der Waals surface area contributed by atoms with E-state index in [1.807, 2.05) is 0 Å². The summed E-state index contributed by atoms with van der Waals surface area (Å²) < 4.78 is 0. The first-order valence-electron chi connectivity index (χ1n) is 3.60. The summed E-state index contributed by atoms with van der Waals surface area (Å²) in [5.41, 5.74) is 0. The van der Waals surface area contributed by atoms with Crippen molar-refractivity contribution in [1.82, 2.24) is 10.6 Å². The second-order valence-electron chi connectivity index (χ2n) is 2.68. The van der Waals surface area contributed by atoms with Crippen LogP contribution in [0, 0.1) is 0 Å². The first-order valence-corrected chi connectivity index (χ1v) is 3.60. The van der Waals surface area contributed by atoms with Gasteiger partial charge in [0, 0.05) is 0 Å². The van der Waals surface area contributed by atoms with Crippen LogP contribution in [0.5, 0.6) is 0 Å². The molecule has 2 atom stereocenters. The molecular weight excluding hydrogens is 159 g/mol. The summed E-state index contributed by atoms with van der Waals surface area (Å²) in [6.07, 6.45) is 0.387. The quantitative estimate of drug-likeness (QED) is 0.422. The van der Waals surface area contributed by atoms with Gasteiger partial charge in [-0.15, -0.1) is 0 Å². The summed E-state index contributed by atoms with van der Waals surface area (Å²) in [5, 5.41) is 13.4. The molecule has 12 heavy (non-hydrogen) atoms. The zero-order valence-electron chi connectivity index (χ0n) is 6.41. The molecular formula is C6H9BN2O3. The van der Waals surface area contributed by atoms with Gasteiger partial charge in [-0.3, -0.25) is 9.59 Å². The van der Waals surface area contributed by atoms with E-state index in [0.717, 1.165) is 0 Å². The summed E-state index contributed by atoms with van der Waals surface area (Å²) in [6, 6.07) is -0.867. The highest BCUT2D eigenvalue weighted by Gasteiger charge is 2.31. The van der Waals surface area contributed by atoms with Crippen molar-refractivity contribution in [3.05, 3.63) is 0 Å². The average Bonchev–Trinajstić information content (AvgIpc) is 2.31. The molecule has 0 aromatic heterocycles. The average molecular weight is 168 g/mol. The van der Waals surface area contributed by atoms with Gasteiger partial charge in [0.05, 0.1) is 12.6 Å². The lowest BCUT2D eigenvalue weighted by Gasteiger charge is -2.06. The van der Waals surface area contributed by atoms with E-state index >= 15 is 0 Å². The van der Waals surface area contributed by atoms with Gasteiger partial charge in [0.25, 0.3) is 0 Å². The molecule has 0 unspecified atom stereocenters. The van der Waals surface area contributed by atoms with Gasteiger partial charge in [0.1, 0.15) is 6.04 Å². The predicted octanol–water partition coefficient (Wildman–Crippen LogP) is -1.89. The maximum atomic E-state index is 11.0. The Labute approximate surface area is 70.9 Å². The molecule has 1 saturated heterocycles. The van der Waals surface area contributed by atoms with Gasteiger partial charge < -0.3 is 15.7 Å². The Balaban J connectivity index is 2.46. The maximum Gasteiger partial charge on any atom is 0.242 e. The Morgan fingerprint density at radius 2 is 2.50 bits per heavy atom. The fourth-order valence-electron chi connectivity index (χ4n) is 1.17. The SMILES string of the molecule is [B]C(=O)N[C@@H]1C[C@@H](CO)NC1=O. The van der Waals surface area contributed by atoms with Crippen molar-refractivity contribution in [2.75, 3.05) is 6.61 Å². The lowest BCUT2D eigenvalue weighted by molar-refractivity contribution is -0.120. The smallest absolute Gasteiger partial charge is 0.242 e. The molecule has 1 fully saturated rings. The minimum Gasteiger partial charge on any atom is -0.394 e. The molecule has 1 heterocycles. The predicted molar refractivity (Wildman–Crippen MR) is 41.7 cm³/mol. The van der Waals surface area contributed by atoms with Crippen molar-refractivity contribution >= 4 is 19.6 Å². The lowest BCUT2D eigenvalue weighted by Crippen LogP contribution is -2.39. The van der Waals surface area contributed by atoms with Crippen LogP contribution in [0.25, 0.3) is 0 Å². The van der Waals surface area contributed by atoms with E-state index in [9.17, 15) is 9.59 Å². The summed E-state index contributed by atoms with van der Waals surface area (Å²) in [5.74, 6) is -1.03. The Kier molecular flexibility index (Phi) is 2.70. The number of hydrogen-bond acceptors (Lipinski definition) is 3. The van der Waals surface area contributed by atoms with Crippen molar-refractivity contribution in [2.45, 2.75) is 18.5 Å². The van der Waals surface area contributed by atoms with Crippen molar-refractivity contribution in [2.24, 2.45) is 0 Å². The topological polar surface area (TPSA) is 78.4 Å². The highest BCUT2D eigenvalue weighted by Crippen LogP contribution is 2.06. The third-order valence-corrected chi connectivity index (χ3v) is 1.72. The molecule has 0 aliphatic carbocycles. The van der Waals surface area contributed by atoms with E-state index < -0.39 is 11.8 Å². The van der Waals surface area contributed by atoms with Gasteiger partial charge in [0.2, 0.25) is 13.8 Å². The number of hydrogen-bond donors (Lipinski definition) is 3. The zero-order valence-corrected chi connectivity index (χ0v) is 6.41. The van der Waals surface area contributed by atoms with E-state index in [4.69, 9.17) is 13.0 Å². The molecule has 1 aliphatic heterocycles. The molecule has 0 spiro atoms. The molecule has 3 N–H and O–H groups in total. The summed E-state index contributed by atoms with van der Waals surface area (Å²) in [6.45, 7) is -0.122. The van der Waals surface area contributed by atoms with Crippen molar-refractivity contribution in [1.29, 1.82) is 0 Å². The summed E-state index contributed by atoms with van der Waals surface area (Å²) in [4.78, 5) is 21.4. The van der Waals surface area contributed by atoms with Crippen LogP contribution >= 0.6 is 0 Å². The highest BCUT2D eigenvalue weighted by molar-refractivity contribution is 6.57. The van der Waals surface area contributed by atoms with Gasteiger partial charge in [-0.05, 0) is 6.42 Å². The standard InChI is InChI=1S/C6H9BN2O3/c7-6(12)9-4-1-3(2-10)8-5(4)11/h3-4,10H,1-2H2,(H,8,11)(H,9,12)/t3-,4+/m0/s1. The molecule has 64 valence electrons. The Morgan fingerprint density at radius 1 is 1.83 bits per heavy atom. The fraction of sp³-hybridized carbons (Fsp3) is 0.667. The largest absolute Gasteiger partial charge is 0.394 e. The van der Waals surface area contributed by atoms with E-state index in [0.29, 0.717) is 6.42 Å². The van der Waals surface area contributed by atoms with Crippen LogP contribution in [0.15, 0.2) is 0 Å². The maximum absolute atomic E-state index is 11.0. The third-order valence-electron chi connectivity index (χ3n) is 1.72. The second-order valence-corrected chi connectivity index (χ2v) is 2.68. The third kappa shape index (κ3) is 1.98. The molecule has 2 amide bonds. The van der Waals surface area contributed by atoms with Crippen LogP contribution in [0.1, 0.15) is 6.42 Å². The lowest BCUT2D eigenvalue weighted by atomic mass is 10.1. The molecule has 5 nitrogen and oxygen atoms in total. The minimum atomic E-state index is -0.728. The Hall–Kier alpha value is -1.04. The minimum absolute atomic E-state index is 0.122. The summed E-state index contributed by atoms with van der Waals surface area (Å²) >= 11 is 0. The summed E-state index contributed by atoms with van der Waals surface area (Å²) in [7, 11) is 4.83. The first-order chi connectivity index (χ1) is 5.63. The van der Waals surface area contributed by atoms with Crippen molar-refractivity contribution < 1.29 is 14.7 Å². The van der Waals surface area contributed by atoms with E-state index in [1.165, 1.54) is 0 Å². The molecule has 0 aromatic rings.